The number of aromatic nitrogens is 2. The molecule has 9 heteroatoms. The number of halogens is 3. The Kier molecular flexibility index (Phi) is 7.23. The highest BCUT2D eigenvalue weighted by molar-refractivity contribution is 5.81. The van der Waals surface area contributed by atoms with Crippen LogP contribution in [0, 0.1) is 0 Å². The summed E-state index contributed by atoms with van der Waals surface area (Å²) in [6.07, 6.45) is -4.83. The van der Waals surface area contributed by atoms with E-state index in [0.717, 1.165) is 22.2 Å². The Balaban J connectivity index is 1.43. The summed E-state index contributed by atoms with van der Waals surface area (Å²) in [5.41, 5.74) is 4.66. The van der Waals surface area contributed by atoms with Crippen LogP contribution in [0.5, 0.6) is 11.5 Å². The van der Waals surface area contributed by atoms with Gasteiger partial charge in [0.15, 0.2) is 0 Å². The minimum atomic E-state index is -4.77. The first-order valence-electron chi connectivity index (χ1n) is 12.1. The van der Waals surface area contributed by atoms with Gasteiger partial charge in [-0.05, 0) is 53.6 Å². The van der Waals surface area contributed by atoms with E-state index in [0.29, 0.717) is 29.2 Å². The average Bonchev–Trinajstić information content (AvgIpc) is 3.26. The van der Waals surface area contributed by atoms with Crippen molar-refractivity contribution in [1.29, 1.82) is 0 Å². The van der Waals surface area contributed by atoms with Crippen LogP contribution in [0.4, 0.5) is 13.2 Å². The van der Waals surface area contributed by atoms with E-state index in [1.54, 1.807) is 24.3 Å². The molecule has 0 saturated carbocycles. The molecule has 39 heavy (non-hydrogen) atoms. The Labute approximate surface area is 221 Å². The second kappa shape index (κ2) is 10.9. The highest BCUT2D eigenvalue weighted by atomic mass is 19.4. The molecule has 0 aliphatic rings. The lowest BCUT2D eigenvalue weighted by atomic mass is 10.1. The third-order valence-electron chi connectivity index (χ3n) is 6.04. The summed E-state index contributed by atoms with van der Waals surface area (Å²) in [6.45, 7) is 0.647. The number of imidazole rings is 1. The smallest absolute Gasteiger partial charge is 0.489 e. The molecule has 0 unspecified atom stereocenters. The van der Waals surface area contributed by atoms with Crippen LogP contribution in [0.1, 0.15) is 16.7 Å². The predicted octanol–water partition coefficient (Wildman–Crippen LogP) is 6.86. The lowest BCUT2D eigenvalue weighted by Gasteiger charge is -2.15. The van der Waals surface area contributed by atoms with Crippen LogP contribution in [-0.4, -0.2) is 27.0 Å². The highest BCUT2D eigenvalue weighted by Gasteiger charge is 2.31. The number of alkyl halides is 3. The van der Waals surface area contributed by atoms with Gasteiger partial charge in [0, 0.05) is 11.1 Å². The first kappa shape index (κ1) is 25.8. The number of aliphatic carboxylic acids is 1. The molecule has 5 aromatic rings. The van der Waals surface area contributed by atoms with E-state index in [9.17, 15) is 18.0 Å². The molecule has 1 N–H and O–H groups in total. The quantitative estimate of drug-likeness (QED) is 0.225. The molecule has 0 saturated heterocycles. The minimum Gasteiger partial charge on any atom is -0.489 e. The zero-order valence-corrected chi connectivity index (χ0v) is 20.6. The third kappa shape index (κ3) is 6.38. The van der Waals surface area contributed by atoms with Gasteiger partial charge < -0.3 is 19.1 Å². The molecule has 0 radical (unpaired) electrons. The Hall–Kier alpha value is -4.79. The maximum absolute atomic E-state index is 12.6. The van der Waals surface area contributed by atoms with Gasteiger partial charge in [-0.15, -0.1) is 13.2 Å². The van der Waals surface area contributed by atoms with Crippen molar-refractivity contribution in [3.8, 4) is 22.9 Å². The number of para-hydroxylation sites is 3. The molecule has 0 fully saturated rings. The van der Waals surface area contributed by atoms with Crippen LogP contribution < -0.4 is 9.47 Å². The van der Waals surface area contributed by atoms with Crippen LogP contribution in [-0.2, 0) is 24.4 Å². The summed E-state index contributed by atoms with van der Waals surface area (Å²) in [7, 11) is 0. The molecule has 0 atom stereocenters. The van der Waals surface area contributed by atoms with Crippen molar-refractivity contribution < 1.29 is 32.5 Å². The molecule has 0 bridgehead atoms. The molecule has 0 spiro atoms. The normalized spacial score (nSPS) is 11.5. The standard InChI is InChI=1S/C30H23F3N2O4/c31-30(32,33)39-24-14-12-22(13-15-24)29-34-25-9-2-3-10-26(25)35(29)18-23-8-1-4-11-27(23)38-19-21-7-5-6-20(16-21)17-28(36)37/h1-16H,17-19H2,(H,36,37). The largest absolute Gasteiger partial charge is 0.573 e. The zero-order valence-electron chi connectivity index (χ0n) is 20.6. The van der Waals surface area contributed by atoms with Gasteiger partial charge in [-0.3, -0.25) is 4.79 Å². The van der Waals surface area contributed by atoms with Gasteiger partial charge in [0.1, 0.15) is 23.9 Å². The van der Waals surface area contributed by atoms with Crippen molar-refractivity contribution in [2.45, 2.75) is 25.9 Å². The first-order chi connectivity index (χ1) is 18.7. The second-order valence-corrected chi connectivity index (χ2v) is 8.87. The van der Waals surface area contributed by atoms with Crippen molar-refractivity contribution >= 4 is 17.0 Å². The van der Waals surface area contributed by atoms with Gasteiger partial charge in [0.2, 0.25) is 0 Å². The van der Waals surface area contributed by atoms with E-state index in [-0.39, 0.29) is 18.8 Å². The number of ether oxygens (including phenoxy) is 2. The number of rotatable bonds is 9. The number of hydrogen-bond donors (Lipinski definition) is 1. The van der Waals surface area contributed by atoms with Gasteiger partial charge in [0.25, 0.3) is 0 Å². The summed E-state index contributed by atoms with van der Waals surface area (Å²) in [5.74, 6) is 0.0362. The molecule has 6 nitrogen and oxygen atoms in total. The molecular weight excluding hydrogens is 509 g/mol. The highest BCUT2D eigenvalue weighted by Crippen LogP contribution is 2.31. The number of benzene rings is 4. The van der Waals surface area contributed by atoms with E-state index < -0.39 is 12.3 Å². The van der Waals surface area contributed by atoms with Crippen molar-refractivity contribution in [1.82, 2.24) is 9.55 Å². The third-order valence-corrected chi connectivity index (χ3v) is 6.04. The Bertz CT molecular complexity index is 1610. The maximum Gasteiger partial charge on any atom is 0.573 e. The fourth-order valence-corrected chi connectivity index (χ4v) is 4.37. The monoisotopic (exact) mass is 532 g/mol. The van der Waals surface area contributed by atoms with Crippen molar-refractivity contribution in [3.63, 3.8) is 0 Å². The van der Waals surface area contributed by atoms with Gasteiger partial charge in [-0.2, -0.15) is 0 Å². The van der Waals surface area contributed by atoms with Crippen molar-refractivity contribution in [2.24, 2.45) is 0 Å². The average molecular weight is 533 g/mol. The number of carboxylic acid groups (broad SMARTS) is 1. The van der Waals surface area contributed by atoms with Crippen LogP contribution >= 0.6 is 0 Å². The lowest BCUT2D eigenvalue weighted by molar-refractivity contribution is -0.274. The van der Waals surface area contributed by atoms with Crippen LogP contribution in [0.15, 0.2) is 97.1 Å². The molecule has 0 aliphatic carbocycles. The van der Waals surface area contributed by atoms with Crippen LogP contribution in [0.2, 0.25) is 0 Å². The Morgan fingerprint density at radius 2 is 1.59 bits per heavy atom. The fraction of sp³-hybridized carbons (Fsp3) is 0.133. The zero-order chi connectivity index (χ0) is 27.4. The van der Waals surface area contributed by atoms with Gasteiger partial charge in [-0.1, -0.05) is 54.6 Å². The van der Waals surface area contributed by atoms with Crippen LogP contribution in [0.3, 0.4) is 0 Å². The Morgan fingerprint density at radius 1 is 0.872 bits per heavy atom. The molecule has 1 aromatic heterocycles. The van der Waals surface area contributed by atoms with E-state index in [1.165, 1.54) is 12.1 Å². The van der Waals surface area contributed by atoms with E-state index in [1.807, 2.05) is 65.2 Å². The SMILES string of the molecule is O=C(O)Cc1cccc(COc2ccccc2Cn2c(-c3ccc(OC(F)(F)F)cc3)nc3ccccc32)c1. The summed E-state index contributed by atoms with van der Waals surface area (Å²) in [4.78, 5) is 15.8. The van der Waals surface area contributed by atoms with E-state index in [2.05, 4.69) is 4.74 Å². The number of fused-ring (bicyclic) bond motifs is 1. The van der Waals surface area contributed by atoms with E-state index in [4.69, 9.17) is 14.8 Å². The van der Waals surface area contributed by atoms with Gasteiger partial charge in [-0.25, -0.2) is 4.98 Å². The number of hydrogen-bond acceptors (Lipinski definition) is 4. The summed E-state index contributed by atoms with van der Waals surface area (Å²) < 4.78 is 50.0. The molecule has 0 amide bonds. The van der Waals surface area contributed by atoms with Crippen molar-refractivity contribution in [3.05, 3.63) is 114 Å². The number of carboxylic acids is 1. The molecule has 198 valence electrons. The van der Waals surface area contributed by atoms with E-state index >= 15 is 0 Å². The summed E-state index contributed by atoms with van der Waals surface area (Å²) in [6, 6.07) is 28.0. The van der Waals surface area contributed by atoms with Gasteiger partial charge >= 0.3 is 12.3 Å². The fourth-order valence-electron chi connectivity index (χ4n) is 4.37. The predicted molar refractivity (Wildman–Crippen MR) is 140 cm³/mol. The van der Waals surface area contributed by atoms with Crippen molar-refractivity contribution in [2.75, 3.05) is 0 Å². The first-order valence-corrected chi connectivity index (χ1v) is 12.1. The molecule has 4 aromatic carbocycles. The summed E-state index contributed by atoms with van der Waals surface area (Å²) in [5, 5.41) is 9.07. The number of nitrogens with zero attached hydrogens (tertiary/aromatic N) is 2. The lowest BCUT2D eigenvalue weighted by Crippen LogP contribution is -2.17. The second-order valence-electron chi connectivity index (χ2n) is 8.87. The molecule has 1 heterocycles. The maximum atomic E-state index is 12.6. The number of carbonyl (C=O) groups is 1. The molecule has 5 rings (SSSR count). The minimum absolute atomic E-state index is 0.0653. The molecular formula is C30H23F3N2O4. The Morgan fingerprint density at radius 3 is 2.36 bits per heavy atom. The summed E-state index contributed by atoms with van der Waals surface area (Å²) >= 11 is 0. The topological polar surface area (TPSA) is 73.6 Å². The van der Waals surface area contributed by atoms with Crippen LogP contribution in [0.25, 0.3) is 22.4 Å². The van der Waals surface area contributed by atoms with Gasteiger partial charge in [0.05, 0.1) is 24.0 Å². The molecule has 0 aliphatic heterocycles.